The topological polar surface area (TPSA) is 61.5 Å². The summed E-state index contributed by atoms with van der Waals surface area (Å²) in [6.45, 7) is 4.30. The maximum absolute atomic E-state index is 14.5. The second-order valence-corrected chi connectivity index (χ2v) is 10.0. The summed E-state index contributed by atoms with van der Waals surface area (Å²) < 4.78 is 16.2. The Kier molecular flexibility index (Phi) is 3.97. The molecule has 2 saturated heterocycles. The van der Waals surface area contributed by atoms with Crippen LogP contribution >= 0.6 is 0 Å². The second-order valence-electron chi connectivity index (χ2n) is 10.0. The van der Waals surface area contributed by atoms with E-state index in [9.17, 15) is 14.6 Å². The van der Waals surface area contributed by atoms with E-state index in [1.807, 2.05) is 20.0 Å². The first-order valence-corrected chi connectivity index (χ1v) is 10.5. The maximum Gasteiger partial charge on any atom is 0.134 e. The summed E-state index contributed by atoms with van der Waals surface area (Å²) in [5.74, 6) is -0.321. The predicted octanol–water partition coefficient (Wildman–Crippen LogP) is 3.29. The highest BCUT2D eigenvalue weighted by Gasteiger charge is 2.59. The number of nitrogens with zero attached hydrogens (tertiary/aromatic N) is 3. The number of benzene rings is 1. The van der Waals surface area contributed by atoms with Crippen molar-refractivity contribution in [2.24, 2.45) is 12.5 Å². The first-order valence-electron chi connectivity index (χ1n) is 10.5. The molecule has 2 aromatic rings. The van der Waals surface area contributed by atoms with Gasteiger partial charge in [-0.05, 0) is 56.1 Å². The molecule has 6 rings (SSSR count). The minimum Gasteiger partial charge on any atom is -0.390 e. The highest BCUT2D eigenvalue weighted by Crippen LogP contribution is 2.58. The summed E-state index contributed by atoms with van der Waals surface area (Å²) in [7, 11) is 1.83. The minimum atomic E-state index is -0.596. The Balaban J connectivity index is 1.39. The summed E-state index contributed by atoms with van der Waals surface area (Å²) in [4.78, 5) is 2.24. The lowest BCUT2D eigenvalue weighted by atomic mass is 9.54. The van der Waals surface area contributed by atoms with Crippen molar-refractivity contribution in [1.82, 2.24) is 14.7 Å². The van der Waals surface area contributed by atoms with Crippen LogP contribution in [0.3, 0.4) is 0 Å². The number of aryl methyl sites for hydroxylation is 1. The van der Waals surface area contributed by atoms with Gasteiger partial charge in [-0.2, -0.15) is 5.10 Å². The van der Waals surface area contributed by atoms with Gasteiger partial charge >= 0.3 is 0 Å². The molecule has 6 heteroatoms. The van der Waals surface area contributed by atoms with Gasteiger partial charge < -0.3 is 10.2 Å². The third kappa shape index (κ3) is 2.72. The summed E-state index contributed by atoms with van der Waals surface area (Å²) in [6, 6.07) is 5.51. The molecular formula is C22H30FN3O2. The van der Waals surface area contributed by atoms with Crippen LogP contribution in [0.2, 0.25) is 0 Å². The largest absolute Gasteiger partial charge is 0.390 e. The molecule has 4 atom stereocenters. The van der Waals surface area contributed by atoms with Gasteiger partial charge in [0, 0.05) is 25.0 Å². The van der Waals surface area contributed by atoms with Crippen LogP contribution in [0.5, 0.6) is 0 Å². The third-order valence-electron chi connectivity index (χ3n) is 7.52. The molecule has 152 valence electrons. The predicted molar refractivity (Wildman–Crippen MR) is 105 cm³/mol. The number of fused-ring (bicyclic) bond motifs is 1. The fourth-order valence-electron chi connectivity index (χ4n) is 6.81. The standard InChI is InChI=1S/C22H30FN3O2/c1-13(20-19-16(23)5-4-6-17(19)25(3)24-20)7-18(27)26-14-8-21(2)9-15(26)11-22(28,10-14)12-21/h4-6,13-15,18,27-28H,7-12H2,1-3H3. The molecule has 5 nitrogen and oxygen atoms in total. The second kappa shape index (κ2) is 6.00. The van der Waals surface area contributed by atoms with E-state index < -0.39 is 11.8 Å². The van der Waals surface area contributed by atoms with Crippen molar-refractivity contribution in [1.29, 1.82) is 0 Å². The monoisotopic (exact) mass is 387 g/mol. The van der Waals surface area contributed by atoms with Crippen LogP contribution in [0.1, 0.15) is 64.0 Å². The minimum absolute atomic E-state index is 0.0635. The number of aliphatic hydroxyl groups is 2. The number of piperidine rings is 2. The van der Waals surface area contributed by atoms with E-state index in [0.29, 0.717) is 17.5 Å². The first-order chi connectivity index (χ1) is 13.2. The van der Waals surface area contributed by atoms with Crippen LogP contribution in [0.15, 0.2) is 18.2 Å². The lowest BCUT2D eigenvalue weighted by molar-refractivity contribution is -0.221. The fourth-order valence-corrected chi connectivity index (χ4v) is 6.81. The SMILES string of the molecule is CC(CC(O)N1C2CC3(C)CC1CC(O)(C2)C3)c1nn(C)c2cccc(F)c12. The van der Waals surface area contributed by atoms with Gasteiger partial charge in [0.15, 0.2) is 0 Å². The number of aromatic nitrogens is 2. The smallest absolute Gasteiger partial charge is 0.134 e. The molecule has 1 aromatic heterocycles. The van der Waals surface area contributed by atoms with Crippen LogP contribution in [0.4, 0.5) is 4.39 Å². The van der Waals surface area contributed by atoms with Crippen molar-refractivity contribution in [3.8, 4) is 0 Å². The Bertz CT molecular complexity index is 890. The van der Waals surface area contributed by atoms with Gasteiger partial charge in [0.2, 0.25) is 0 Å². The molecule has 2 aliphatic heterocycles. The normalized spacial score (nSPS) is 36.9. The molecule has 1 aromatic carbocycles. The first kappa shape index (κ1) is 18.5. The number of hydrogen-bond acceptors (Lipinski definition) is 4. The van der Waals surface area contributed by atoms with Gasteiger partial charge in [0.1, 0.15) is 12.0 Å². The van der Waals surface area contributed by atoms with Crippen molar-refractivity contribution in [2.45, 2.75) is 82.2 Å². The molecule has 4 aliphatic rings. The average molecular weight is 387 g/mol. The van der Waals surface area contributed by atoms with Crippen LogP contribution < -0.4 is 0 Å². The Morgan fingerprint density at radius 2 is 1.93 bits per heavy atom. The Morgan fingerprint density at radius 1 is 1.25 bits per heavy atom. The average Bonchev–Trinajstić information content (AvgIpc) is 2.90. The highest BCUT2D eigenvalue weighted by molar-refractivity contribution is 5.83. The van der Waals surface area contributed by atoms with Gasteiger partial charge in [0.25, 0.3) is 0 Å². The van der Waals surface area contributed by atoms with Crippen molar-refractivity contribution >= 4 is 10.9 Å². The molecule has 4 bridgehead atoms. The summed E-state index contributed by atoms with van der Waals surface area (Å²) in [5.41, 5.74) is 1.14. The third-order valence-corrected chi connectivity index (χ3v) is 7.52. The number of hydrogen-bond donors (Lipinski definition) is 2. The van der Waals surface area contributed by atoms with Crippen LogP contribution in [-0.2, 0) is 7.05 Å². The Hall–Kier alpha value is -1.50. The lowest BCUT2D eigenvalue weighted by Gasteiger charge is -2.64. The molecule has 4 unspecified atom stereocenters. The maximum atomic E-state index is 14.5. The van der Waals surface area contributed by atoms with E-state index >= 15 is 0 Å². The molecule has 0 spiro atoms. The van der Waals surface area contributed by atoms with Gasteiger partial charge in [-0.25, -0.2) is 4.39 Å². The number of aliphatic hydroxyl groups excluding tert-OH is 1. The van der Waals surface area contributed by atoms with Crippen molar-refractivity contribution in [2.75, 3.05) is 0 Å². The molecule has 0 radical (unpaired) electrons. The van der Waals surface area contributed by atoms with E-state index in [0.717, 1.165) is 37.6 Å². The zero-order valence-corrected chi connectivity index (χ0v) is 16.9. The van der Waals surface area contributed by atoms with Crippen LogP contribution in [-0.4, -0.2) is 48.8 Å². The summed E-state index contributed by atoms with van der Waals surface area (Å²) in [5, 5.41) is 27.2. The summed E-state index contributed by atoms with van der Waals surface area (Å²) in [6.07, 6.45) is 4.41. The molecule has 2 aliphatic carbocycles. The van der Waals surface area contributed by atoms with E-state index in [1.54, 1.807) is 10.7 Å². The van der Waals surface area contributed by atoms with Gasteiger partial charge in [-0.3, -0.25) is 9.58 Å². The summed E-state index contributed by atoms with van der Waals surface area (Å²) >= 11 is 0. The van der Waals surface area contributed by atoms with Crippen LogP contribution in [0.25, 0.3) is 10.9 Å². The molecule has 2 N–H and O–H groups in total. The van der Waals surface area contributed by atoms with Crippen molar-refractivity contribution < 1.29 is 14.6 Å². The van der Waals surface area contributed by atoms with E-state index in [1.165, 1.54) is 6.07 Å². The highest BCUT2D eigenvalue weighted by atomic mass is 19.1. The molecule has 3 heterocycles. The zero-order chi connectivity index (χ0) is 19.8. The van der Waals surface area contributed by atoms with Gasteiger partial charge in [0.05, 0.1) is 22.2 Å². The Labute approximate surface area is 165 Å². The number of rotatable bonds is 4. The molecular weight excluding hydrogens is 357 g/mol. The van der Waals surface area contributed by atoms with Gasteiger partial charge in [-0.15, -0.1) is 0 Å². The number of halogens is 1. The molecule has 0 amide bonds. The van der Waals surface area contributed by atoms with E-state index in [2.05, 4.69) is 16.9 Å². The zero-order valence-electron chi connectivity index (χ0n) is 16.9. The van der Waals surface area contributed by atoms with Gasteiger partial charge in [-0.1, -0.05) is 19.9 Å². The lowest BCUT2D eigenvalue weighted by Crippen LogP contribution is -2.69. The Morgan fingerprint density at radius 3 is 2.57 bits per heavy atom. The van der Waals surface area contributed by atoms with Crippen LogP contribution in [0, 0.1) is 11.2 Å². The molecule has 2 saturated carbocycles. The van der Waals surface area contributed by atoms with Crippen molar-refractivity contribution in [3.63, 3.8) is 0 Å². The fraction of sp³-hybridized carbons (Fsp3) is 0.682. The molecule has 28 heavy (non-hydrogen) atoms. The molecule has 4 fully saturated rings. The van der Waals surface area contributed by atoms with E-state index in [4.69, 9.17) is 0 Å². The quantitative estimate of drug-likeness (QED) is 0.845. The van der Waals surface area contributed by atoms with Crippen molar-refractivity contribution in [3.05, 3.63) is 29.7 Å². The van der Waals surface area contributed by atoms with E-state index in [-0.39, 0.29) is 29.2 Å².